The van der Waals surface area contributed by atoms with Gasteiger partial charge in [-0.25, -0.2) is 13.2 Å². The van der Waals surface area contributed by atoms with Crippen molar-refractivity contribution >= 4 is 15.8 Å². The van der Waals surface area contributed by atoms with E-state index < -0.39 is 22.0 Å². The summed E-state index contributed by atoms with van der Waals surface area (Å²) in [7, 11) is -3.17. The standard InChI is InChI=1S/C19H21NO2S.C2HF3O2/c1-2-10-20-12-17-16-11-15(14-6-4-3-5-7-14)8-9-18(16)23(21,22)19(17)13-20;3-2(4,5)1(6)7/h3-9,11,17,19H,2,10,12-13H2,1H3;(H,6,7). The third kappa shape index (κ3) is 4.37. The number of halogens is 3. The van der Waals surface area contributed by atoms with Crippen LogP contribution >= 0.6 is 0 Å². The number of carbonyl (C=O) groups is 1. The average molecular weight is 441 g/mol. The van der Waals surface area contributed by atoms with Gasteiger partial charge in [0.05, 0.1) is 10.1 Å². The Kier molecular flexibility index (Phi) is 6.24. The summed E-state index contributed by atoms with van der Waals surface area (Å²) in [6, 6.07) is 16.0. The molecule has 30 heavy (non-hydrogen) atoms. The fraction of sp³-hybridized carbons (Fsp3) is 0.381. The van der Waals surface area contributed by atoms with E-state index in [-0.39, 0.29) is 11.2 Å². The van der Waals surface area contributed by atoms with E-state index in [2.05, 4.69) is 30.0 Å². The van der Waals surface area contributed by atoms with Crippen LogP contribution in [0.25, 0.3) is 11.1 Å². The highest BCUT2D eigenvalue weighted by Crippen LogP contribution is 2.46. The molecule has 5 nitrogen and oxygen atoms in total. The highest BCUT2D eigenvalue weighted by Gasteiger charge is 2.49. The van der Waals surface area contributed by atoms with Crippen molar-refractivity contribution in [1.82, 2.24) is 4.90 Å². The number of fused-ring (bicyclic) bond motifs is 3. The summed E-state index contributed by atoms with van der Waals surface area (Å²) in [6.45, 7) is 4.67. The van der Waals surface area contributed by atoms with Crippen LogP contribution < -0.4 is 0 Å². The Morgan fingerprint density at radius 1 is 1.10 bits per heavy atom. The van der Waals surface area contributed by atoms with Crippen molar-refractivity contribution in [2.75, 3.05) is 19.6 Å². The zero-order chi connectivity index (χ0) is 22.1. The van der Waals surface area contributed by atoms with Gasteiger partial charge in [-0.3, -0.25) is 0 Å². The zero-order valence-electron chi connectivity index (χ0n) is 16.3. The van der Waals surface area contributed by atoms with E-state index in [0.717, 1.165) is 36.2 Å². The highest BCUT2D eigenvalue weighted by molar-refractivity contribution is 7.92. The monoisotopic (exact) mass is 441 g/mol. The van der Waals surface area contributed by atoms with Gasteiger partial charge in [-0.1, -0.05) is 43.3 Å². The van der Waals surface area contributed by atoms with Gasteiger partial charge in [0.25, 0.3) is 0 Å². The number of hydrogen-bond acceptors (Lipinski definition) is 4. The quantitative estimate of drug-likeness (QED) is 0.781. The van der Waals surface area contributed by atoms with E-state index in [1.165, 1.54) is 0 Å². The molecule has 2 aliphatic rings. The van der Waals surface area contributed by atoms with Crippen molar-refractivity contribution in [2.45, 2.75) is 35.6 Å². The first-order valence-electron chi connectivity index (χ1n) is 9.51. The SMILES string of the molecule is CCCN1CC2c3cc(-c4ccccc4)ccc3S(=O)(=O)C2C1.O=C(O)C(F)(F)F. The largest absolute Gasteiger partial charge is 0.490 e. The van der Waals surface area contributed by atoms with Gasteiger partial charge in [0.1, 0.15) is 0 Å². The summed E-state index contributed by atoms with van der Waals surface area (Å²) in [5.41, 5.74) is 3.27. The Morgan fingerprint density at radius 3 is 2.30 bits per heavy atom. The third-order valence-corrected chi connectivity index (χ3v) is 7.61. The molecule has 0 spiro atoms. The van der Waals surface area contributed by atoms with E-state index >= 15 is 0 Å². The molecule has 0 aromatic heterocycles. The van der Waals surface area contributed by atoms with E-state index in [1.54, 1.807) is 0 Å². The van der Waals surface area contributed by atoms with Gasteiger partial charge in [-0.2, -0.15) is 13.2 Å². The molecule has 9 heteroatoms. The third-order valence-electron chi connectivity index (χ3n) is 5.35. The predicted octanol–water partition coefficient (Wildman–Crippen LogP) is 3.95. The van der Waals surface area contributed by atoms with Crippen LogP contribution in [0.15, 0.2) is 53.4 Å². The van der Waals surface area contributed by atoms with Crippen molar-refractivity contribution in [1.29, 1.82) is 0 Å². The Hall–Kier alpha value is -2.39. The Balaban J connectivity index is 0.000000318. The van der Waals surface area contributed by atoms with Gasteiger partial charge < -0.3 is 10.0 Å². The van der Waals surface area contributed by atoms with E-state index in [9.17, 15) is 21.6 Å². The second-order valence-electron chi connectivity index (χ2n) is 7.37. The lowest BCUT2D eigenvalue weighted by atomic mass is 9.94. The second kappa shape index (κ2) is 8.39. The van der Waals surface area contributed by atoms with Crippen LogP contribution in [-0.4, -0.2) is 55.5 Å². The minimum atomic E-state index is -5.08. The molecule has 2 unspecified atom stereocenters. The summed E-state index contributed by atoms with van der Waals surface area (Å²) in [4.78, 5) is 11.8. The van der Waals surface area contributed by atoms with Gasteiger partial charge in [0.15, 0.2) is 9.84 Å². The van der Waals surface area contributed by atoms with Crippen molar-refractivity contribution in [2.24, 2.45) is 0 Å². The van der Waals surface area contributed by atoms with Gasteiger partial charge >= 0.3 is 12.1 Å². The normalized spacial score (nSPS) is 22.0. The molecular formula is C21H22F3NO4S. The summed E-state index contributed by atoms with van der Waals surface area (Å²) in [5.74, 6) is -2.63. The van der Waals surface area contributed by atoms with E-state index in [1.807, 2.05) is 30.3 Å². The lowest BCUT2D eigenvalue weighted by Crippen LogP contribution is -2.26. The number of rotatable bonds is 3. The predicted molar refractivity (Wildman–Crippen MR) is 106 cm³/mol. The van der Waals surface area contributed by atoms with Crippen molar-refractivity contribution < 1.29 is 31.5 Å². The van der Waals surface area contributed by atoms with E-state index in [4.69, 9.17) is 9.90 Å². The molecule has 0 amide bonds. The maximum Gasteiger partial charge on any atom is 0.490 e. The van der Waals surface area contributed by atoms with Gasteiger partial charge in [-0.05, 0) is 41.8 Å². The summed E-state index contributed by atoms with van der Waals surface area (Å²) in [6.07, 6.45) is -4.02. The Morgan fingerprint density at radius 2 is 1.73 bits per heavy atom. The Labute approximate surface area is 173 Å². The second-order valence-corrected chi connectivity index (χ2v) is 9.51. The fourth-order valence-electron chi connectivity index (χ4n) is 4.03. The average Bonchev–Trinajstić information content (AvgIpc) is 3.20. The lowest BCUT2D eigenvalue weighted by Gasteiger charge is -2.16. The fourth-order valence-corrected chi connectivity index (χ4v) is 6.23. The number of sulfone groups is 1. The zero-order valence-corrected chi connectivity index (χ0v) is 17.1. The number of aliphatic carboxylic acids is 1. The minimum absolute atomic E-state index is 0.130. The molecule has 0 radical (unpaired) electrons. The molecule has 0 bridgehead atoms. The first-order valence-corrected chi connectivity index (χ1v) is 11.1. The van der Waals surface area contributed by atoms with Crippen molar-refractivity contribution in [3.63, 3.8) is 0 Å². The van der Waals surface area contributed by atoms with Gasteiger partial charge in [-0.15, -0.1) is 0 Å². The molecule has 2 aromatic rings. The smallest absolute Gasteiger partial charge is 0.475 e. The summed E-state index contributed by atoms with van der Waals surface area (Å²) in [5, 5.41) is 6.87. The molecule has 2 aliphatic heterocycles. The highest BCUT2D eigenvalue weighted by atomic mass is 32.2. The first-order chi connectivity index (χ1) is 14.1. The summed E-state index contributed by atoms with van der Waals surface area (Å²) < 4.78 is 57.4. The number of alkyl halides is 3. The number of likely N-dealkylation sites (tertiary alicyclic amines) is 1. The molecule has 1 N–H and O–H groups in total. The van der Waals surface area contributed by atoms with Crippen LogP contribution in [0.1, 0.15) is 24.8 Å². The Bertz CT molecular complexity index is 1020. The van der Waals surface area contributed by atoms with Crippen LogP contribution in [-0.2, 0) is 14.6 Å². The number of hydrogen-bond donors (Lipinski definition) is 1. The molecule has 4 rings (SSSR count). The maximum absolute atomic E-state index is 12.8. The number of carboxylic acids is 1. The number of nitrogens with zero attached hydrogens (tertiary/aromatic N) is 1. The van der Waals surface area contributed by atoms with Crippen LogP contribution in [0.4, 0.5) is 13.2 Å². The van der Waals surface area contributed by atoms with Crippen LogP contribution in [0, 0.1) is 0 Å². The molecule has 0 aliphatic carbocycles. The first kappa shape index (κ1) is 22.3. The molecule has 0 saturated carbocycles. The van der Waals surface area contributed by atoms with Crippen LogP contribution in [0.5, 0.6) is 0 Å². The van der Waals surface area contributed by atoms with Gasteiger partial charge in [0, 0.05) is 19.0 Å². The number of benzene rings is 2. The van der Waals surface area contributed by atoms with E-state index in [0.29, 0.717) is 11.4 Å². The molecule has 1 fully saturated rings. The topological polar surface area (TPSA) is 74.7 Å². The molecule has 1 saturated heterocycles. The molecule has 2 heterocycles. The van der Waals surface area contributed by atoms with Crippen LogP contribution in [0.3, 0.4) is 0 Å². The maximum atomic E-state index is 12.8. The van der Waals surface area contributed by atoms with Crippen molar-refractivity contribution in [3.05, 3.63) is 54.1 Å². The summed E-state index contributed by atoms with van der Waals surface area (Å²) >= 11 is 0. The number of carboxylic acid groups (broad SMARTS) is 1. The lowest BCUT2D eigenvalue weighted by molar-refractivity contribution is -0.192. The van der Waals surface area contributed by atoms with Crippen LogP contribution in [0.2, 0.25) is 0 Å². The molecule has 2 atom stereocenters. The van der Waals surface area contributed by atoms with Gasteiger partial charge in [0.2, 0.25) is 0 Å². The molecule has 2 aromatic carbocycles. The van der Waals surface area contributed by atoms with Crippen molar-refractivity contribution in [3.8, 4) is 11.1 Å². The molecular weight excluding hydrogens is 419 g/mol. The minimum Gasteiger partial charge on any atom is -0.475 e. The molecule has 162 valence electrons.